The van der Waals surface area contributed by atoms with Crippen molar-refractivity contribution >= 4 is 33.0 Å². The molecule has 0 amide bonds. The Morgan fingerprint density at radius 2 is 2.27 bits per heavy atom. The summed E-state index contributed by atoms with van der Waals surface area (Å²) in [7, 11) is 0. The minimum atomic E-state index is -1.73. The number of carboxylic acid groups (broad SMARTS) is 1. The Morgan fingerprint density at radius 3 is 2.93 bits per heavy atom. The summed E-state index contributed by atoms with van der Waals surface area (Å²) in [4.78, 5) is 14.4. The van der Waals surface area contributed by atoms with Gasteiger partial charge in [-0.05, 0) is 18.2 Å². The predicted molar refractivity (Wildman–Crippen MR) is 54.3 cm³/mol. The van der Waals surface area contributed by atoms with Crippen molar-refractivity contribution in [3.8, 4) is 0 Å². The number of carbonyl (C=O) groups is 1. The van der Waals surface area contributed by atoms with Gasteiger partial charge >= 0.3 is 5.97 Å². The first-order valence-electron chi connectivity index (χ1n) is 4.05. The number of aromatic nitrogens is 1. The van der Waals surface area contributed by atoms with Crippen LogP contribution >= 0.6 is 15.9 Å². The van der Waals surface area contributed by atoms with Crippen molar-refractivity contribution in [2.75, 3.05) is 0 Å². The average Bonchev–Trinajstić information content (AvgIpc) is 2.58. The molecule has 0 saturated heterocycles. The third-order valence-electron chi connectivity index (χ3n) is 1.83. The molecule has 0 aliphatic carbocycles. The summed E-state index contributed by atoms with van der Waals surface area (Å²) in [5.41, 5.74) is 0.938. The molecule has 1 aromatic heterocycles. The fourth-order valence-corrected chi connectivity index (χ4v) is 1.49. The summed E-state index contributed by atoms with van der Waals surface area (Å²) in [5, 5.41) is 17.8. The molecule has 0 radical (unpaired) electrons. The van der Waals surface area contributed by atoms with E-state index in [1.165, 1.54) is 0 Å². The van der Waals surface area contributed by atoms with Crippen LogP contribution in [0.25, 0.3) is 11.1 Å². The Morgan fingerprint density at radius 1 is 1.53 bits per heavy atom. The van der Waals surface area contributed by atoms with E-state index in [0.717, 1.165) is 4.47 Å². The summed E-state index contributed by atoms with van der Waals surface area (Å²) < 4.78 is 5.89. The summed E-state index contributed by atoms with van der Waals surface area (Å²) in [5.74, 6) is -1.60. The molecule has 15 heavy (non-hydrogen) atoms. The molecule has 0 spiro atoms. The molecule has 6 heteroatoms. The quantitative estimate of drug-likeness (QED) is 0.869. The van der Waals surface area contributed by atoms with Crippen LogP contribution in [0.15, 0.2) is 27.1 Å². The molecule has 2 aromatic rings. The summed E-state index contributed by atoms with van der Waals surface area (Å²) in [6.45, 7) is 0. The lowest BCUT2D eigenvalue weighted by molar-refractivity contribution is -0.148. The van der Waals surface area contributed by atoms with E-state index >= 15 is 0 Å². The molecule has 0 saturated carbocycles. The van der Waals surface area contributed by atoms with Crippen molar-refractivity contribution in [2.45, 2.75) is 6.10 Å². The number of hydrogen-bond acceptors (Lipinski definition) is 4. The highest BCUT2D eigenvalue weighted by molar-refractivity contribution is 9.10. The van der Waals surface area contributed by atoms with Gasteiger partial charge in [0.05, 0.1) is 0 Å². The predicted octanol–water partition coefficient (Wildman–Crippen LogP) is 1.71. The van der Waals surface area contributed by atoms with Gasteiger partial charge in [0, 0.05) is 4.47 Å². The number of carboxylic acids is 1. The van der Waals surface area contributed by atoms with Crippen molar-refractivity contribution in [2.24, 2.45) is 0 Å². The molecule has 1 heterocycles. The highest BCUT2D eigenvalue weighted by Gasteiger charge is 2.22. The molecule has 5 nitrogen and oxygen atoms in total. The van der Waals surface area contributed by atoms with Gasteiger partial charge < -0.3 is 14.6 Å². The third kappa shape index (κ3) is 1.86. The zero-order valence-electron chi connectivity index (χ0n) is 7.35. The van der Waals surface area contributed by atoms with Crippen LogP contribution in [0.4, 0.5) is 0 Å². The lowest BCUT2D eigenvalue weighted by Crippen LogP contribution is -2.10. The zero-order chi connectivity index (χ0) is 11.0. The Bertz CT molecular complexity index is 522. The number of nitrogens with zero attached hydrogens (tertiary/aromatic N) is 1. The molecule has 2 rings (SSSR count). The van der Waals surface area contributed by atoms with E-state index in [-0.39, 0.29) is 5.89 Å². The molecule has 1 aromatic carbocycles. The number of hydrogen-bond donors (Lipinski definition) is 2. The number of oxazole rings is 1. The first-order chi connectivity index (χ1) is 7.08. The number of aliphatic hydroxyl groups excluding tert-OH is 1. The van der Waals surface area contributed by atoms with Crippen LogP contribution in [0.5, 0.6) is 0 Å². The zero-order valence-corrected chi connectivity index (χ0v) is 8.93. The number of halogens is 1. The number of benzene rings is 1. The van der Waals surface area contributed by atoms with Gasteiger partial charge in [0.25, 0.3) is 0 Å². The van der Waals surface area contributed by atoms with Crippen LogP contribution in [0.2, 0.25) is 0 Å². The summed E-state index contributed by atoms with van der Waals surface area (Å²) >= 11 is 3.25. The maximum Gasteiger partial charge on any atom is 0.342 e. The lowest BCUT2D eigenvalue weighted by atomic mass is 10.3. The van der Waals surface area contributed by atoms with Gasteiger partial charge in [-0.15, -0.1) is 0 Å². The van der Waals surface area contributed by atoms with Gasteiger partial charge in [0.2, 0.25) is 12.0 Å². The minimum Gasteiger partial charge on any atom is -0.479 e. The van der Waals surface area contributed by atoms with Crippen LogP contribution in [-0.4, -0.2) is 21.2 Å². The lowest BCUT2D eigenvalue weighted by Gasteiger charge is -1.96. The number of rotatable bonds is 2. The number of fused-ring (bicyclic) bond motifs is 1. The van der Waals surface area contributed by atoms with Crippen LogP contribution < -0.4 is 0 Å². The van der Waals surface area contributed by atoms with Crippen LogP contribution in [0.1, 0.15) is 12.0 Å². The Kier molecular flexibility index (Phi) is 2.45. The van der Waals surface area contributed by atoms with Gasteiger partial charge in [-0.1, -0.05) is 15.9 Å². The second kappa shape index (κ2) is 3.63. The molecule has 1 unspecified atom stereocenters. The topological polar surface area (TPSA) is 83.6 Å². The van der Waals surface area contributed by atoms with E-state index in [1.807, 2.05) is 0 Å². The van der Waals surface area contributed by atoms with Gasteiger partial charge in [-0.3, -0.25) is 0 Å². The second-order valence-electron chi connectivity index (χ2n) is 2.90. The fourth-order valence-electron chi connectivity index (χ4n) is 1.14. The second-order valence-corrected chi connectivity index (χ2v) is 3.82. The molecule has 2 N–H and O–H groups in total. The average molecular weight is 272 g/mol. The standard InChI is InChI=1S/C9H6BrNO4/c10-4-1-2-6-5(3-4)11-8(15-6)7(12)9(13)14/h1-3,7,12H,(H,13,14). The monoisotopic (exact) mass is 271 g/mol. The maximum absolute atomic E-state index is 10.5. The van der Waals surface area contributed by atoms with Gasteiger partial charge in [0.1, 0.15) is 5.52 Å². The maximum atomic E-state index is 10.5. The smallest absolute Gasteiger partial charge is 0.342 e. The molecule has 0 fully saturated rings. The van der Waals surface area contributed by atoms with Crippen LogP contribution in [-0.2, 0) is 4.79 Å². The van der Waals surface area contributed by atoms with Gasteiger partial charge in [0.15, 0.2) is 5.58 Å². The van der Waals surface area contributed by atoms with Crippen molar-refractivity contribution < 1.29 is 19.4 Å². The van der Waals surface area contributed by atoms with Crippen molar-refractivity contribution in [1.82, 2.24) is 4.98 Å². The molecule has 0 aliphatic rings. The highest BCUT2D eigenvalue weighted by Crippen LogP contribution is 2.23. The fraction of sp³-hybridized carbons (Fsp3) is 0.111. The number of aliphatic hydroxyl groups is 1. The normalized spacial score (nSPS) is 12.9. The molecular weight excluding hydrogens is 266 g/mol. The van der Waals surface area contributed by atoms with Crippen molar-refractivity contribution in [3.63, 3.8) is 0 Å². The molecule has 0 bridgehead atoms. The van der Waals surface area contributed by atoms with Gasteiger partial charge in [-0.25, -0.2) is 9.78 Å². The van der Waals surface area contributed by atoms with E-state index in [1.54, 1.807) is 18.2 Å². The number of aliphatic carboxylic acids is 1. The molecular formula is C9H6BrNO4. The summed E-state index contributed by atoms with van der Waals surface area (Å²) in [6, 6.07) is 5.06. The van der Waals surface area contributed by atoms with Crippen LogP contribution in [0, 0.1) is 0 Å². The van der Waals surface area contributed by atoms with E-state index < -0.39 is 12.1 Å². The van der Waals surface area contributed by atoms with Crippen molar-refractivity contribution in [1.29, 1.82) is 0 Å². The highest BCUT2D eigenvalue weighted by atomic mass is 79.9. The van der Waals surface area contributed by atoms with E-state index in [0.29, 0.717) is 11.1 Å². The first-order valence-corrected chi connectivity index (χ1v) is 4.84. The Labute approximate surface area is 92.5 Å². The third-order valence-corrected chi connectivity index (χ3v) is 2.33. The van der Waals surface area contributed by atoms with Gasteiger partial charge in [-0.2, -0.15) is 0 Å². The summed E-state index contributed by atoms with van der Waals surface area (Å²) in [6.07, 6.45) is -1.73. The van der Waals surface area contributed by atoms with Crippen LogP contribution in [0.3, 0.4) is 0 Å². The van der Waals surface area contributed by atoms with Crippen molar-refractivity contribution in [3.05, 3.63) is 28.6 Å². The van der Waals surface area contributed by atoms with E-state index in [2.05, 4.69) is 20.9 Å². The SMILES string of the molecule is O=C(O)C(O)c1nc2cc(Br)ccc2o1. The Hall–Kier alpha value is -1.40. The minimum absolute atomic E-state index is 0.212. The molecule has 78 valence electrons. The Balaban J connectivity index is 2.51. The first kappa shape index (κ1) is 10.1. The van der Waals surface area contributed by atoms with E-state index in [4.69, 9.17) is 9.52 Å². The molecule has 0 aliphatic heterocycles. The largest absolute Gasteiger partial charge is 0.479 e. The molecule has 1 atom stereocenters. The van der Waals surface area contributed by atoms with E-state index in [9.17, 15) is 9.90 Å².